The highest BCUT2D eigenvalue weighted by molar-refractivity contribution is 6.06. The first-order valence-electron chi connectivity index (χ1n) is 6.08. The highest BCUT2D eigenvalue weighted by Crippen LogP contribution is 2.22. The molecular formula is C11H22N4O2. The molecule has 1 saturated heterocycles. The van der Waals surface area contributed by atoms with Crippen molar-refractivity contribution >= 4 is 11.7 Å². The number of hydrazine groups is 1. The second kappa shape index (κ2) is 5.86. The molecule has 17 heavy (non-hydrogen) atoms. The Hall–Kier alpha value is -1.30. The Morgan fingerprint density at radius 3 is 2.53 bits per heavy atom. The molecule has 4 N–H and O–H groups in total. The average molecular weight is 242 g/mol. The SMILES string of the molecule is CCC(C)(C(=O)NN1CCCCC1)C(N)=NO. The van der Waals surface area contributed by atoms with Crippen LogP contribution < -0.4 is 11.2 Å². The lowest BCUT2D eigenvalue weighted by Crippen LogP contribution is -2.54. The Morgan fingerprint density at radius 2 is 2.06 bits per heavy atom. The zero-order chi connectivity index (χ0) is 12.9. The van der Waals surface area contributed by atoms with Crippen molar-refractivity contribution in [1.82, 2.24) is 10.4 Å². The van der Waals surface area contributed by atoms with Crippen molar-refractivity contribution in [2.24, 2.45) is 16.3 Å². The van der Waals surface area contributed by atoms with Crippen molar-refractivity contribution in [3.8, 4) is 0 Å². The van der Waals surface area contributed by atoms with E-state index in [1.165, 1.54) is 6.42 Å². The molecule has 1 rings (SSSR count). The standard InChI is InChI=1S/C11H22N4O2/c1-3-11(2,9(12)14-17)10(16)13-15-7-5-4-6-8-15/h17H,3-8H2,1-2H3,(H2,12,14)(H,13,16). The van der Waals surface area contributed by atoms with E-state index in [2.05, 4.69) is 10.6 Å². The van der Waals surface area contributed by atoms with E-state index in [4.69, 9.17) is 10.9 Å². The Morgan fingerprint density at radius 1 is 1.47 bits per heavy atom. The number of hydrogen-bond donors (Lipinski definition) is 3. The highest BCUT2D eigenvalue weighted by Gasteiger charge is 2.37. The van der Waals surface area contributed by atoms with Gasteiger partial charge in [-0.15, -0.1) is 0 Å². The number of carbonyl (C=O) groups excluding carboxylic acids is 1. The van der Waals surface area contributed by atoms with Crippen LogP contribution in [0.1, 0.15) is 39.5 Å². The number of carbonyl (C=O) groups is 1. The predicted octanol–water partition coefficient (Wildman–Crippen LogP) is 0.666. The van der Waals surface area contributed by atoms with Crippen LogP contribution in [0.5, 0.6) is 0 Å². The number of hydrogen-bond acceptors (Lipinski definition) is 4. The summed E-state index contributed by atoms with van der Waals surface area (Å²) in [5.74, 6) is -0.258. The van der Waals surface area contributed by atoms with Gasteiger partial charge < -0.3 is 10.9 Å². The van der Waals surface area contributed by atoms with Crippen LogP contribution in [0, 0.1) is 5.41 Å². The molecule has 1 atom stereocenters. The number of oxime groups is 1. The van der Waals surface area contributed by atoms with Crippen LogP contribution in [-0.4, -0.2) is 35.0 Å². The van der Waals surface area contributed by atoms with Gasteiger partial charge in [-0.1, -0.05) is 18.5 Å². The monoisotopic (exact) mass is 242 g/mol. The fourth-order valence-electron chi connectivity index (χ4n) is 1.84. The molecule has 1 aliphatic heterocycles. The van der Waals surface area contributed by atoms with Crippen LogP contribution in [0.15, 0.2) is 5.16 Å². The molecule has 0 bridgehead atoms. The number of amidine groups is 1. The number of piperidine rings is 1. The van der Waals surface area contributed by atoms with Crippen LogP contribution in [0.25, 0.3) is 0 Å². The summed E-state index contributed by atoms with van der Waals surface area (Å²) in [7, 11) is 0. The molecule has 6 heteroatoms. The molecule has 1 amide bonds. The van der Waals surface area contributed by atoms with Crippen molar-refractivity contribution in [3.63, 3.8) is 0 Å². The molecule has 1 fully saturated rings. The summed E-state index contributed by atoms with van der Waals surface area (Å²) in [6.45, 7) is 5.25. The molecule has 1 heterocycles. The van der Waals surface area contributed by atoms with E-state index < -0.39 is 5.41 Å². The first kappa shape index (κ1) is 13.8. The summed E-state index contributed by atoms with van der Waals surface area (Å²) in [5, 5.41) is 13.6. The molecule has 0 aromatic rings. The maximum Gasteiger partial charge on any atom is 0.247 e. The molecule has 98 valence electrons. The minimum absolute atomic E-state index is 0.0468. The third-order valence-electron chi connectivity index (χ3n) is 3.50. The first-order valence-corrected chi connectivity index (χ1v) is 6.08. The maximum absolute atomic E-state index is 12.1. The lowest BCUT2D eigenvalue weighted by Gasteiger charge is -2.32. The van der Waals surface area contributed by atoms with Gasteiger partial charge in [-0.05, 0) is 26.2 Å². The van der Waals surface area contributed by atoms with E-state index in [0.717, 1.165) is 25.9 Å². The molecule has 1 unspecified atom stereocenters. The summed E-state index contributed by atoms with van der Waals surface area (Å²) < 4.78 is 0. The quantitative estimate of drug-likeness (QED) is 0.292. The topological polar surface area (TPSA) is 91.0 Å². The van der Waals surface area contributed by atoms with Crippen molar-refractivity contribution in [2.45, 2.75) is 39.5 Å². The molecule has 1 aliphatic rings. The van der Waals surface area contributed by atoms with Crippen LogP contribution in [0.2, 0.25) is 0 Å². The van der Waals surface area contributed by atoms with Gasteiger partial charge >= 0.3 is 0 Å². The van der Waals surface area contributed by atoms with Crippen molar-refractivity contribution in [1.29, 1.82) is 0 Å². The third-order valence-corrected chi connectivity index (χ3v) is 3.50. The highest BCUT2D eigenvalue weighted by atomic mass is 16.4. The van der Waals surface area contributed by atoms with Gasteiger partial charge in [0.05, 0.1) is 0 Å². The van der Waals surface area contributed by atoms with E-state index in [1.807, 2.05) is 11.9 Å². The van der Waals surface area contributed by atoms with Crippen molar-refractivity contribution in [2.75, 3.05) is 13.1 Å². The predicted molar refractivity (Wildman–Crippen MR) is 65.4 cm³/mol. The van der Waals surface area contributed by atoms with E-state index in [9.17, 15) is 4.79 Å². The van der Waals surface area contributed by atoms with Gasteiger partial charge in [0, 0.05) is 13.1 Å². The van der Waals surface area contributed by atoms with Gasteiger partial charge in [-0.3, -0.25) is 10.2 Å². The Kier molecular flexibility index (Phi) is 4.74. The fourth-order valence-corrected chi connectivity index (χ4v) is 1.84. The van der Waals surface area contributed by atoms with E-state index >= 15 is 0 Å². The van der Waals surface area contributed by atoms with E-state index in [1.54, 1.807) is 6.92 Å². The summed E-state index contributed by atoms with van der Waals surface area (Å²) >= 11 is 0. The molecule has 0 aromatic carbocycles. The molecule has 0 saturated carbocycles. The van der Waals surface area contributed by atoms with Crippen LogP contribution >= 0.6 is 0 Å². The summed E-state index contributed by atoms with van der Waals surface area (Å²) in [5.41, 5.74) is 7.48. The first-order chi connectivity index (χ1) is 8.04. The Balaban J connectivity index is 2.66. The number of nitrogens with one attached hydrogen (secondary N) is 1. The number of nitrogens with zero attached hydrogens (tertiary/aromatic N) is 2. The van der Waals surface area contributed by atoms with Crippen LogP contribution in [0.4, 0.5) is 0 Å². The van der Waals surface area contributed by atoms with Crippen molar-refractivity contribution < 1.29 is 10.0 Å². The number of nitrogens with two attached hydrogens (primary N) is 1. The fraction of sp³-hybridized carbons (Fsp3) is 0.818. The van der Waals surface area contributed by atoms with Gasteiger partial charge in [-0.25, -0.2) is 5.01 Å². The van der Waals surface area contributed by atoms with Gasteiger partial charge in [0.1, 0.15) is 5.41 Å². The zero-order valence-electron chi connectivity index (χ0n) is 10.6. The molecule has 0 radical (unpaired) electrons. The second-order valence-electron chi connectivity index (χ2n) is 4.66. The summed E-state index contributed by atoms with van der Waals surface area (Å²) in [6.07, 6.45) is 3.87. The summed E-state index contributed by atoms with van der Waals surface area (Å²) in [6, 6.07) is 0. The van der Waals surface area contributed by atoms with Crippen LogP contribution in [0.3, 0.4) is 0 Å². The normalized spacial score (nSPS) is 21.9. The Labute approximate surface area is 102 Å². The van der Waals surface area contributed by atoms with Gasteiger partial charge in [-0.2, -0.15) is 0 Å². The molecule has 0 spiro atoms. The minimum Gasteiger partial charge on any atom is -0.409 e. The summed E-state index contributed by atoms with van der Waals surface area (Å²) in [4.78, 5) is 12.1. The zero-order valence-corrected chi connectivity index (χ0v) is 10.6. The van der Waals surface area contributed by atoms with Gasteiger partial charge in [0.25, 0.3) is 0 Å². The largest absolute Gasteiger partial charge is 0.409 e. The number of rotatable bonds is 4. The average Bonchev–Trinajstić information content (AvgIpc) is 2.37. The minimum atomic E-state index is -0.952. The lowest BCUT2D eigenvalue weighted by molar-refractivity contribution is -0.132. The Bertz CT molecular complexity index is 300. The lowest BCUT2D eigenvalue weighted by atomic mass is 9.85. The molecule has 6 nitrogen and oxygen atoms in total. The van der Waals surface area contributed by atoms with Gasteiger partial charge in [0.2, 0.25) is 5.91 Å². The molecule has 0 aromatic heterocycles. The number of amides is 1. The smallest absolute Gasteiger partial charge is 0.247 e. The van der Waals surface area contributed by atoms with E-state index in [0.29, 0.717) is 6.42 Å². The van der Waals surface area contributed by atoms with Crippen molar-refractivity contribution in [3.05, 3.63) is 0 Å². The third kappa shape index (κ3) is 3.09. The maximum atomic E-state index is 12.1. The van der Waals surface area contributed by atoms with Crippen LogP contribution in [-0.2, 0) is 4.79 Å². The molecular weight excluding hydrogens is 220 g/mol. The molecule has 0 aliphatic carbocycles. The second-order valence-corrected chi connectivity index (χ2v) is 4.66. The van der Waals surface area contributed by atoms with E-state index in [-0.39, 0.29) is 11.7 Å². The van der Waals surface area contributed by atoms with Gasteiger partial charge in [0.15, 0.2) is 5.84 Å².